The highest BCUT2D eigenvalue weighted by atomic mass is 35.5. The predicted molar refractivity (Wildman–Crippen MR) is 82.5 cm³/mol. The van der Waals surface area contributed by atoms with Gasteiger partial charge in [-0.1, -0.05) is 35.9 Å². The van der Waals surface area contributed by atoms with Gasteiger partial charge in [0.15, 0.2) is 5.78 Å². The number of benzene rings is 2. The average Bonchev–Trinajstić information content (AvgIpc) is 2.78. The minimum absolute atomic E-state index is 0.0474. The van der Waals surface area contributed by atoms with E-state index in [0.29, 0.717) is 5.56 Å². The normalized spacial score (nSPS) is 11.0. The third-order valence-electron chi connectivity index (χ3n) is 3.57. The molecule has 2 aromatic carbocycles. The maximum atomic E-state index is 13.8. The summed E-state index contributed by atoms with van der Waals surface area (Å²) >= 11 is 5.99. The second-order valence-corrected chi connectivity index (χ2v) is 5.38. The lowest BCUT2D eigenvalue weighted by atomic mass is 10.00. The van der Waals surface area contributed by atoms with Crippen LogP contribution in [0, 0.1) is 12.7 Å². The minimum atomic E-state index is -0.451. The second-order valence-electron chi connectivity index (χ2n) is 4.97. The van der Waals surface area contributed by atoms with Gasteiger partial charge in [0.25, 0.3) is 0 Å². The fraction of sp³-hybridized carbons (Fsp3) is 0.118. The predicted octanol–water partition coefficient (Wildman–Crippen LogP) is 4.69. The lowest BCUT2D eigenvalue weighted by molar-refractivity contribution is 0.0993. The molecule has 0 spiro atoms. The van der Waals surface area contributed by atoms with Crippen LogP contribution in [0.1, 0.15) is 21.6 Å². The van der Waals surface area contributed by atoms with Crippen molar-refractivity contribution >= 4 is 28.3 Å². The number of ketones is 1. The molecule has 0 aliphatic heterocycles. The van der Waals surface area contributed by atoms with Gasteiger partial charge in [-0.05, 0) is 25.1 Å². The van der Waals surface area contributed by atoms with Crippen molar-refractivity contribution in [3.63, 3.8) is 0 Å². The number of fused-ring (bicyclic) bond motifs is 1. The summed E-state index contributed by atoms with van der Waals surface area (Å²) in [6.07, 6.45) is -0.0474. The molecule has 0 amide bonds. The van der Waals surface area contributed by atoms with Crippen LogP contribution in [-0.2, 0) is 6.42 Å². The van der Waals surface area contributed by atoms with E-state index in [2.05, 4.69) is 4.98 Å². The SMILES string of the molecule is Cc1[nH]c2ccccc2c1C(=O)Cc1c(F)cccc1Cl. The van der Waals surface area contributed by atoms with Crippen molar-refractivity contribution in [1.82, 2.24) is 4.98 Å². The smallest absolute Gasteiger partial charge is 0.169 e. The lowest BCUT2D eigenvalue weighted by Crippen LogP contribution is -2.07. The number of nitrogens with one attached hydrogen (secondary N) is 1. The first-order valence-corrected chi connectivity index (χ1v) is 6.99. The van der Waals surface area contributed by atoms with Crippen LogP contribution < -0.4 is 0 Å². The zero-order valence-corrected chi connectivity index (χ0v) is 12.2. The van der Waals surface area contributed by atoms with E-state index in [1.165, 1.54) is 12.1 Å². The van der Waals surface area contributed by atoms with Crippen LogP contribution in [0.3, 0.4) is 0 Å². The molecule has 0 aliphatic rings. The van der Waals surface area contributed by atoms with Crippen LogP contribution in [0.4, 0.5) is 4.39 Å². The Kier molecular flexibility index (Phi) is 3.52. The molecule has 0 saturated carbocycles. The number of H-pyrrole nitrogens is 1. The van der Waals surface area contributed by atoms with Gasteiger partial charge in [0, 0.05) is 39.2 Å². The van der Waals surface area contributed by atoms with Crippen LogP contribution in [0.15, 0.2) is 42.5 Å². The third kappa shape index (κ3) is 2.45. The molecule has 2 nitrogen and oxygen atoms in total. The highest BCUT2D eigenvalue weighted by molar-refractivity contribution is 6.31. The Hall–Kier alpha value is -2.13. The lowest BCUT2D eigenvalue weighted by Gasteiger charge is -2.05. The van der Waals surface area contributed by atoms with E-state index in [1.54, 1.807) is 6.07 Å². The number of aryl methyl sites for hydroxylation is 1. The van der Waals surface area contributed by atoms with Gasteiger partial charge in [-0.2, -0.15) is 0 Å². The molecule has 0 aliphatic carbocycles. The van der Waals surface area contributed by atoms with Gasteiger partial charge in [-0.25, -0.2) is 4.39 Å². The van der Waals surface area contributed by atoms with E-state index in [1.807, 2.05) is 31.2 Å². The average molecular weight is 302 g/mol. The number of rotatable bonds is 3. The van der Waals surface area contributed by atoms with E-state index < -0.39 is 5.82 Å². The van der Waals surface area contributed by atoms with Crippen molar-refractivity contribution in [3.05, 3.63) is 70.1 Å². The standard InChI is InChI=1S/C17H13ClFNO/c1-10-17(11-5-2-3-8-15(11)20-10)16(21)9-12-13(18)6-4-7-14(12)19/h2-8,20H,9H2,1H3. The number of halogens is 2. The molecule has 21 heavy (non-hydrogen) atoms. The van der Waals surface area contributed by atoms with Crippen LogP contribution in [0.25, 0.3) is 10.9 Å². The molecule has 0 unspecified atom stereocenters. The number of hydrogen-bond donors (Lipinski definition) is 1. The summed E-state index contributed by atoms with van der Waals surface area (Å²) in [7, 11) is 0. The van der Waals surface area contributed by atoms with Crippen molar-refractivity contribution in [2.45, 2.75) is 13.3 Å². The van der Waals surface area contributed by atoms with Crippen molar-refractivity contribution in [3.8, 4) is 0 Å². The summed E-state index contributed by atoms with van der Waals surface area (Å²) in [6.45, 7) is 1.84. The molecule has 0 atom stereocenters. The van der Waals surface area contributed by atoms with Gasteiger partial charge in [-0.3, -0.25) is 4.79 Å². The summed E-state index contributed by atoms with van der Waals surface area (Å²) in [5, 5.41) is 1.13. The zero-order valence-electron chi connectivity index (χ0n) is 11.4. The van der Waals surface area contributed by atoms with Crippen LogP contribution >= 0.6 is 11.6 Å². The Morgan fingerprint density at radius 1 is 1.19 bits per heavy atom. The second kappa shape index (κ2) is 5.34. The van der Waals surface area contributed by atoms with Gasteiger partial charge in [0.2, 0.25) is 0 Å². The molecule has 1 N–H and O–H groups in total. The molecule has 0 saturated heterocycles. The largest absolute Gasteiger partial charge is 0.358 e. The topological polar surface area (TPSA) is 32.9 Å². The van der Waals surface area contributed by atoms with E-state index in [-0.39, 0.29) is 22.8 Å². The Morgan fingerprint density at radius 3 is 2.71 bits per heavy atom. The van der Waals surface area contributed by atoms with Crippen LogP contribution in [0.2, 0.25) is 5.02 Å². The molecule has 106 valence electrons. The van der Waals surface area contributed by atoms with Gasteiger partial charge >= 0.3 is 0 Å². The number of carbonyl (C=O) groups excluding carboxylic acids is 1. The van der Waals surface area contributed by atoms with Crippen molar-refractivity contribution in [2.75, 3.05) is 0 Å². The van der Waals surface area contributed by atoms with Crippen molar-refractivity contribution in [2.24, 2.45) is 0 Å². The van der Waals surface area contributed by atoms with Crippen molar-refractivity contribution in [1.29, 1.82) is 0 Å². The molecule has 4 heteroatoms. The van der Waals surface area contributed by atoms with E-state index in [4.69, 9.17) is 11.6 Å². The summed E-state index contributed by atoms with van der Waals surface area (Å²) in [5.41, 5.74) is 2.53. The quantitative estimate of drug-likeness (QED) is 0.699. The van der Waals surface area contributed by atoms with Crippen molar-refractivity contribution < 1.29 is 9.18 Å². The number of para-hydroxylation sites is 1. The number of aromatic amines is 1. The number of hydrogen-bond acceptors (Lipinski definition) is 1. The first kappa shape index (κ1) is 13.8. The maximum absolute atomic E-state index is 13.8. The fourth-order valence-electron chi connectivity index (χ4n) is 2.59. The summed E-state index contributed by atoms with van der Waals surface area (Å²) in [5.74, 6) is -0.592. The maximum Gasteiger partial charge on any atom is 0.169 e. The number of aromatic nitrogens is 1. The first-order chi connectivity index (χ1) is 10.1. The van der Waals surface area contributed by atoms with Crippen LogP contribution in [-0.4, -0.2) is 10.8 Å². The highest BCUT2D eigenvalue weighted by Crippen LogP contribution is 2.26. The molecule has 3 rings (SSSR count). The summed E-state index contributed by atoms with van der Waals surface area (Å²) < 4.78 is 13.8. The van der Waals surface area contributed by atoms with E-state index in [9.17, 15) is 9.18 Å². The van der Waals surface area contributed by atoms with Gasteiger partial charge in [-0.15, -0.1) is 0 Å². The molecular formula is C17H13ClFNO. The third-order valence-corrected chi connectivity index (χ3v) is 3.93. The summed E-state index contributed by atoms with van der Waals surface area (Å²) in [4.78, 5) is 15.7. The van der Waals surface area contributed by atoms with E-state index >= 15 is 0 Å². The minimum Gasteiger partial charge on any atom is -0.358 e. The monoisotopic (exact) mass is 301 g/mol. The molecular weight excluding hydrogens is 289 g/mol. The Labute approximate surface area is 126 Å². The fourth-order valence-corrected chi connectivity index (χ4v) is 2.82. The van der Waals surface area contributed by atoms with Gasteiger partial charge in [0.1, 0.15) is 5.82 Å². The molecule has 0 fully saturated rings. The molecule has 1 heterocycles. The molecule has 1 aromatic heterocycles. The van der Waals surface area contributed by atoms with Gasteiger partial charge in [0.05, 0.1) is 0 Å². The highest BCUT2D eigenvalue weighted by Gasteiger charge is 2.19. The van der Waals surface area contributed by atoms with E-state index in [0.717, 1.165) is 16.6 Å². The first-order valence-electron chi connectivity index (χ1n) is 6.61. The Balaban J connectivity index is 2.04. The summed E-state index contributed by atoms with van der Waals surface area (Å²) in [6, 6.07) is 12.0. The molecule has 0 bridgehead atoms. The zero-order chi connectivity index (χ0) is 15.0. The Bertz CT molecular complexity index is 818. The van der Waals surface area contributed by atoms with Crippen LogP contribution in [0.5, 0.6) is 0 Å². The molecule has 0 radical (unpaired) electrons. The number of carbonyl (C=O) groups is 1. The Morgan fingerprint density at radius 2 is 1.95 bits per heavy atom. The van der Waals surface area contributed by atoms with Gasteiger partial charge < -0.3 is 4.98 Å². The number of Topliss-reactive ketones (excluding diaryl/α,β-unsaturated/α-hetero) is 1. The molecule has 3 aromatic rings.